The van der Waals surface area contributed by atoms with Crippen molar-refractivity contribution < 1.29 is 22.7 Å². The SMILES string of the molecule is O=C(CNc1ccc(OC(F)(F)F)cc1)Nc1cccc(Cl)c1. The van der Waals surface area contributed by atoms with Gasteiger partial charge in [0.2, 0.25) is 5.91 Å². The molecule has 4 nitrogen and oxygen atoms in total. The zero-order chi connectivity index (χ0) is 16.9. The van der Waals surface area contributed by atoms with Gasteiger partial charge in [-0.05, 0) is 42.5 Å². The van der Waals surface area contributed by atoms with Gasteiger partial charge in [-0.1, -0.05) is 17.7 Å². The first-order valence-corrected chi connectivity index (χ1v) is 6.85. The van der Waals surface area contributed by atoms with Gasteiger partial charge < -0.3 is 15.4 Å². The van der Waals surface area contributed by atoms with Crippen LogP contribution in [0.15, 0.2) is 48.5 Å². The lowest BCUT2D eigenvalue weighted by Gasteiger charge is -2.10. The van der Waals surface area contributed by atoms with Crippen LogP contribution in [0, 0.1) is 0 Å². The van der Waals surface area contributed by atoms with E-state index in [4.69, 9.17) is 11.6 Å². The van der Waals surface area contributed by atoms with Crippen LogP contribution in [0.1, 0.15) is 0 Å². The Bertz CT molecular complexity index is 675. The first-order chi connectivity index (χ1) is 10.8. The van der Waals surface area contributed by atoms with Crippen molar-refractivity contribution in [3.05, 3.63) is 53.6 Å². The van der Waals surface area contributed by atoms with Crippen molar-refractivity contribution in [1.29, 1.82) is 0 Å². The van der Waals surface area contributed by atoms with Crippen molar-refractivity contribution in [2.75, 3.05) is 17.2 Å². The van der Waals surface area contributed by atoms with Gasteiger partial charge in [-0.15, -0.1) is 13.2 Å². The third-order valence-electron chi connectivity index (χ3n) is 2.65. The third kappa shape index (κ3) is 6.07. The highest BCUT2D eigenvalue weighted by atomic mass is 35.5. The van der Waals surface area contributed by atoms with Crippen molar-refractivity contribution in [3.8, 4) is 5.75 Å². The molecule has 2 N–H and O–H groups in total. The molecule has 0 aliphatic carbocycles. The molecule has 0 aliphatic heterocycles. The molecule has 0 saturated heterocycles. The van der Waals surface area contributed by atoms with Gasteiger partial charge in [-0.2, -0.15) is 0 Å². The molecule has 122 valence electrons. The van der Waals surface area contributed by atoms with Crippen LogP contribution in [-0.2, 0) is 4.79 Å². The Labute approximate surface area is 135 Å². The predicted molar refractivity (Wildman–Crippen MR) is 81.7 cm³/mol. The van der Waals surface area contributed by atoms with Crippen LogP contribution in [-0.4, -0.2) is 18.8 Å². The van der Waals surface area contributed by atoms with E-state index in [0.717, 1.165) is 12.1 Å². The molecule has 0 fully saturated rings. The topological polar surface area (TPSA) is 50.4 Å². The van der Waals surface area contributed by atoms with Crippen LogP contribution in [0.5, 0.6) is 5.75 Å². The highest BCUT2D eigenvalue weighted by Crippen LogP contribution is 2.23. The van der Waals surface area contributed by atoms with Crippen LogP contribution >= 0.6 is 11.6 Å². The Morgan fingerprint density at radius 3 is 2.39 bits per heavy atom. The van der Waals surface area contributed by atoms with E-state index in [0.29, 0.717) is 16.4 Å². The van der Waals surface area contributed by atoms with Crippen LogP contribution < -0.4 is 15.4 Å². The number of rotatable bonds is 5. The Kier molecular flexibility index (Phi) is 5.33. The lowest BCUT2D eigenvalue weighted by atomic mass is 10.3. The second kappa shape index (κ2) is 7.23. The lowest BCUT2D eigenvalue weighted by molar-refractivity contribution is -0.274. The summed E-state index contributed by atoms with van der Waals surface area (Å²) in [4.78, 5) is 11.8. The fourth-order valence-corrected chi connectivity index (χ4v) is 1.92. The number of nitrogens with one attached hydrogen (secondary N) is 2. The molecule has 1 amide bonds. The highest BCUT2D eigenvalue weighted by molar-refractivity contribution is 6.30. The summed E-state index contributed by atoms with van der Waals surface area (Å²) in [6.07, 6.45) is -4.73. The van der Waals surface area contributed by atoms with E-state index in [1.54, 1.807) is 24.3 Å². The number of alkyl halides is 3. The molecule has 0 heterocycles. The molecule has 0 aromatic heterocycles. The molecule has 2 aromatic rings. The molecule has 0 radical (unpaired) electrons. The first kappa shape index (κ1) is 17.0. The van der Waals surface area contributed by atoms with Gasteiger partial charge in [-0.3, -0.25) is 4.79 Å². The number of benzene rings is 2. The van der Waals surface area contributed by atoms with E-state index in [1.165, 1.54) is 12.1 Å². The number of ether oxygens (including phenoxy) is 1. The molecule has 2 rings (SSSR count). The summed E-state index contributed by atoms with van der Waals surface area (Å²) >= 11 is 5.80. The summed E-state index contributed by atoms with van der Waals surface area (Å²) in [5, 5.41) is 5.92. The molecule has 0 spiro atoms. The molecule has 0 bridgehead atoms. The smallest absolute Gasteiger partial charge is 0.406 e. The second-order valence-electron chi connectivity index (χ2n) is 4.48. The number of hydrogen-bond donors (Lipinski definition) is 2. The summed E-state index contributed by atoms with van der Waals surface area (Å²) in [7, 11) is 0. The number of hydrogen-bond acceptors (Lipinski definition) is 3. The Morgan fingerprint density at radius 1 is 1.09 bits per heavy atom. The van der Waals surface area contributed by atoms with Crippen molar-refractivity contribution in [2.24, 2.45) is 0 Å². The molecule has 23 heavy (non-hydrogen) atoms. The molecular formula is C15H12ClF3N2O2. The molecule has 0 aliphatic rings. The van der Waals surface area contributed by atoms with E-state index in [1.807, 2.05) is 0 Å². The lowest BCUT2D eigenvalue weighted by Crippen LogP contribution is -2.21. The third-order valence-corrected chi connectivity index (χ3v) is 2.88. The van der Waals surface area contributed by atoms with Crippen molar-refractivity contribution in [3.63, 3.8) is 0 Å². The Balaban J connectivity index is 1.84. The summed E-state index contributed by atoms with van der Waals surface area (Å²) < 4.78 is 39.8. The molecular weight excluding hydrogens is 333 g/mol. The Morgan fingerprint density at radius 2 is 1.78 bits per heavy atom. The molecule has 8 heteroatoms. The van der Waals surface area contributed by atoms with E-state index >= 15 is 0 Å². The first-order valence-electron chi connectivity index (χ1n) is 6.47. The largest absolute Gasteiger partial charge is 0.573 e. The van der Waals surface area contributed by atoms with E-state index in [9.17, 15) is 18.0 Å². The predicted octanol–water partition coefficient (Wildman–Crippen LogP) is 4.29. The fourth-order valence-electron chi connectivity index (χ4n) is 1.73. The summed E-state index contributed by atoms with van der Waals surface area (Å²) in [5.74, 6) is -0.644. The number of amides is 1. The van der Waals surface area contributed by atoms with Crippen LogP contribution in [0.3, 0.4) is 0 Å². The van der Waals surface area contributed by atoms with Crippen molar-refractivity contribution in [2.45, 2.75) is 6.36 Å². The minimum atomic E-state index is -4.73. The minimum Gasteiger partial charge on any atom is -0.406 e. The number of halogens is 4. The van der Waals surface area contributed by atoms with Crippen molar-refractivity contribution in [1.82, 2.24) is 0 Å². The van der Waals surface area contributed by atoms with Gasteiger partial charge in [-0.25, -0.2) is 0 Å². The van der Waals surface area contributed by atoms with Crippen molar-refractivity contribution >= 4 is 28.9 Å². The number of carbonyl (C=O) groups is 1. The van der Waals surface area contributed by atoms with E-state index in [2.05, 4.69) is 15.4 Å². The average molecular weight is 345 g/mol. The molecule has 0 unspecified atom stereocenters. The average Bonchev–Trinajstić information content (AvgIpc) is 2.45. The Hall–Kier alpha value is -2.41. The fraction of sp³-hybridized carbons (Fsp3) is 0.133. The van der Waals surface area contributed by atoms with Crippen LogP contribution in [0.25, 0.3) is 0 Å². The normalized spacial score (nSPS) is 11.0. The maximum Gasteiger partial charge on any atom is 0.573 e. The summed E-state index contributed by atoms with van der Waals surface area (Å²) in [6.45, 7) is -0.0496. The monoisotopic (exact) mass is 344 g/mol. The number of carbonyl (C=O) groups excluding carboxylic acids is 1. The van der Waals surface area contributed by atoms with Gasteiger partial charge in [0, 0.05) is 16.4 Å². The number of anilines is 2. The zero-order valence-corrected chi connectivity index (χ0v) is 12.4. The van der Waals surface area contributed by atoms with Gasteiger partial charge in [0.05, 0.1) is 6.54 Å². The maximum atomic E-state index is 12.0. The van der Waals surface area contributed by atoms with Gasteiger partial charge in [0.25, 0.3) is 0 Å². The van der Waals surface area contributed by atoms with Gasteiger partial charge in [0.15, 0.2) is 0 Å². The molecule has 2 aromatic carbocycles. The standard InChI is InChI=1S/C15H12ClF3N2O2/c16-10-2-1-3-12(8-10)21-14(22)9-20-11-4-6-13(7-5-11)23-15(17,18)19/h1-8,20H,9H2,(H,21,22). The highest BCUT2D eigenvalue weighted by Gasteiger charge is 2.30. The summed E-state index contributed by atoms with van der Waals surface area (Å²) in [6, 6.07) is 11.7. The quantitative estimate of drug-likeness (QED) is 0.850. The molecule has 0 atom stereocenters. The van der Waals surface area contributed by atoms with E-state index < -0.39 is 6.36 Å². The van der Waals surface area contributed by atoms with Crippen LogP contribution in [0.2, 0.25) is 5.02 Å². The summed E-state index contributed by atoms with van der Waals surface area (Å²) in [5.41, 5.74) is 1.04. The molecule has 0 saturated carbocycles. The second-order valence-corrected chi connectivity index (χ2v) is 4.92. The van der Waals surface area contributed by atoms with Crippen LogP contribution in [0.4, 0.5) is 24.5 Å². The van der Waals surface area contributed by atoms with Gasteiger partial charge >= 0.3 is 6.36 Å². The van der Waals surface area contributed by atoms with E-state index in [-0.39, 0.29) is 18.2 Å². The zero-order valence-electron chi connectivity index (χ0n) is 11.7. The van der Waals surface area contributed by atoms with Gasteiger partial charge in [0.1, 0.15) is 5.75 Å². The maximum absolute atomic E-state index is 12.0. The minimum absolute atomic E-state index is 0.0496.